The zero-order valence-electron chi connectivity index (χ0n) is 19.7. The Kier molecular flexibility index (Phi) is 7.41. The Bertz CT molecular complexity index is 914. The second-order valence-corrected chi connectivity index (χ2v) is 8.99. The van der Waals surface area contributed by atoms with Gasteiger partial charge in [0.25, 0.3) is 5.97 Å². The molecule has 5 unspecified atom stereocenters. The van der Waals surface area contributed by atoms with Crippen molar-refractivity contribution in [3.05, 3.63) is 0 Å². The number of cyclic esters (lactones) is 2. The van der Waals surface area contributed by atoms with Crippen molar-refractivity contribution in [2.24, 2.45) is 11.8 Å². The zero-order valence-corrected chi connectivity index (χ0v) is 19.7. The molecule has 5 rings (SSSR count). The minimum absolute atomic E-state index is 0.00211. The SMILES string of the molecule is COC1(C)OC2C3O[C@@H](C4C(=O)N(CCCOC(=O)CCC(=O)O)C(=O)C34)[C@H]2O1.O=C1CCC(=O)O1. The fourth-order valence-electron chi connectivity index (χ4n) is 4.98. The first-order chi connectivity index (χ1) is 17.0. The van der Waals surface area contributed by atoms with Crippen LogP contribution in [0.3, 0.4) is 0 Å². The molecule has 0 aromatic rings. The number of imide groups is 1. The quantitative estimate of drug-likeness (QED) is 0.183. The lowest BCUT2D eigenvalue weighted by Gasteiger charge is -2.24. The molecule has 36 heavy (non-hydrogen) atoms. The van der Waals surface area contributed by atoms with Crippen molar-refractivity contribution in [2.75, 3.05) is 20.3 Å². The predicted octanol–water partition coefficient (Wildman–Crippen LogP) is -0.879. The van der Waals surface area contributed by atoms with Gasteiger partial charge in [-0.3, -0.25) is 33.7 Å². The zero-order chi connectivity index (χ0) is 26.2. The molecule has 5 fully saturated rings. The van der Waals surface area contributed by atoms with Crippen LogP contribution in [-0.2, 0) is 57.2 Å². The predicted molar refractivity (Wildman–Crippen MR) is 110 cm³/mol. The number of ether oxygens (including phenoxy) is 6. The molecule has 14 heteroatoms. The number of hydrogen-bond donors (Lipinski definition) is 1. The average Bonchev–Trinajstić information content (AvgIpc) is 3.60. The van der Waals surface area contributed by atoms with Gasteiger partial charge >= 0.3 is 23.9 Å². The van der Waals surface area contributed by atoms with Crippen molar-refractivity contribution >= 4 is 35.7 Å². The molecule has 0 aromatic heterocycles. The fourth-order valence-corrected chi connectivity index (χ4v) is 4.98. The van der Waals surface area contributed by atoms with E-state index in [9.17, 15) is 28.8 Å². The molecule has 5 heterocycles. The molecule has 0 radical (unpaired) electrons. The van der Waals surface area contributed by atoms with Crippen LogP contribution < -0.4 is 0 Å². The number of aliphatic carboxylic acids is 1. The van der Waals surface area contributed by atoms with Crippen LogP contribution in [0, 0.1) is 11.8 Å². The second kappa shape index (κ2) is 10.2. The number of carboxylic acids is 1. The molecular weight excluding hydrogens is 486 g/mol. The van der Waals surface area contributed by atoms with Crippen LogP contribution in [0.2, 0.25) is 0 Å². The number of rotatable bonds is 8. The Morgan fingerprint density at radius 2 is 1.53 bits per heavy atom. The number of hydrogen-bond acceptors (Lipinski definition) is 12. The van der Waals surface area contributed by atoms with E-state index in [2.05, 4.69) is 4.74 Å². The van der Waals surface area contributed by atoms with E-state index in [0.717, 1.165) is 0 Å². The van der Waals surface area contributed by atoms with Crippen LogP contribution in [0.1, 0.15) is 39.0 Å². The van der Waals surface area contributed by atoms with Gasteiger partial charge in [0.1, 0.15) is 12.2 Å². The third kappa shape index (κ3) is 4.98. The van der Waals surface area contributed by atoms with E-state index >= 15 is 0 Å². The number of esters is 3. The van der Waals surface area contributed by atoms with Gasteiger partial charge in [-0.15, -0.1) is 0 Å². The molecule has 14 nitrogen and oxygen atoms in total. The number of carbonyl (C=O) groups is 6. The van der Waals surface area contributed by atoms with Gasteiger partial charge in [-0.1, -0.05) is 0 Å². The van der Waals surface area contributed by atoms with E-state index in [1.165, 1.54) is 12.0 Å². The Morgan fingerprint density at radius 3 is 1.97 bits per heavy atom. The fraction of sp³-hybridized carbons (Fsp3) is 0.727. The summed E-state index contributed by atoms with van der Waals surface area (Å²) in [5, 5.41) is 8.54. The summed E-state index contributed by atoms with van der Waals surface area (Å²) < 4.78 is 31.7. The second-order valence-electron chi connectivity index (χ2n) is 8.99. The smallest absolute Gasteiger partial charge is 0.314 e. The Labute approximate surface area is 205 Å². The summed E-state index contributed by atoms with van der Waals surface area (Å²) in [6.45, 7) is 1.75. The first-order valence-electron chi connectivity index (χ1n) is 11.6. The minimum Gasteiger partial charge on any atom is -0.481 e. The highest BCUT2D eigenvalue weighted by atomic mass is 16.9. The summed E-state index contributed by atoms with van der Waals surface area (Å²) in [5.74, 6) is -5.60. The molecule has 7 atom stereocenters. The number of carbonyl (C=O) groups excluding carboxylic acids is 5. The van der Waals surface area contributed by atoms with Crippen LogP contribution in [0.15, 0.2) is 0 Å². The summed E-state index contributed by atoms with van der Waals surface area (Å²) >= 11 is 0. The van der Waals surface area contributed by atoms with Gasteiger partial charge in [-0.2, -0.15) is 0 Å². The molecule has 2 amide bonds. The van der Waals surface area contributed by atoms with Gasteiger partial charge in [0.05, 0.1) is 56.3 Å². The highest BCUT2D eigenvalue weighted by Gasteiger charge is 2.73. The Hall–Kier alpha value is -2.94. The van der Waals surface area contributed by atoms with E-state index in [4.69, 9.17) is 28.8 Å². The molecule has 5 aliphatic rings. The summed E-state index contributed by atoms with van der Waals surface area (Å²) in [6.07, 6.45) is -1.81. The number of likely N-dealkylation sites (tertiary alicyclic amines) is 1. The van der Waals surface area contributed by atoms with Gasteiger partial charge < -0.3 is 33.5 Å². The third-order valence-electron chi connectivity index (χ3n) is 6.65. The lowest BCUT2D eigenvalue weighted by molar-refractivity contribution is -0.330. The molecular formula is C22H27NO13. The maximum absolute atomic E-state index is 12.8. The van der Waals surface area contributed by atoms with Crippen molar-refractivity contribution in [3.63, 3.8) is 0 Å². The highest BCUT2D eigenvalue weighted by Crippen LogP contribution is 2.54. The number of nitrogens with zero attached hydrogens (tertiary/aromatic N) is 1. The van der Waals surface area contributed by atoms with Crippen molar-refractivity contribution in [3.8, 4) is 0 Å². The maximum atomic E-state index is 12.8. The Balaban J connectivity index is 0.000000375. The molecule has 0 spiro atoms. The first-order valence-corrected chi connectivity index (χ1v) is 11.6. The number of methoxy groups -OCH3 is 1. The van der Waals surface area contributed by atoms with E-state index in [1.807, 2.05) is 0 Å². The monoisotopic (exact) mass is 513 g/mol. The van der Waals surface area contributed by atoms with E-state index in [0.29, 0.717) is 0 Å². The van der Waals surface area contributed by atoms with Crippen LogP contribution >= 0.6 is 0 Å². The number of carboxylic acid groups (broad SMARTS) is 1. The molecule has 198 valence electrons. The van der Waals surface area contributed by atoms with Crippen molar-refractivity contribution in [1.82, 2.24) is 4.90 Å². The maximum Gasteiger partial charge on any atom is 0.314 e. The largest absolute Gasteiger partial charge is 0.481 e. The molecule has 2 bridgehead atoms. The van der Waals surface area contributed by atoms with Crippen molar-refractivity contribution in [1.29, 1.82) is 0 Å². The van der Waals surface area contributed by atoms with E-state index in [-0.39, 0.29) is 57.1 Å². The number of fused-ring (bicyclic) bond motifs is 8. The summed E-state index contributed by atoms with van der Waals surface area (Å²) in [5.41, 5.74) is 0. The van der Waals surface area contributed by atoms with E-state index in [1.54, 1.807) is 6.92 Å². The normalized spacial score (nSPS) is 35.9. The summed E-state index contributed by atoms with van der Waals surface area (Å²) in [6, 6.07) is 0. The highest BCUT2D eigenvalue weighted by molar-refractivity contribution is 6.06. The van der Waals surface area contributed by atoms with Gasteiger partial charge in [-0.25, -0.2) is 0 Å². The molecule has 5 aliphatic heterocycles. The third-order valence-corrected chi connectivity index (χ3v) is 6.65. The van der Waals surface area contributed by atoms with Gasteiger partial charge in [0.15, 0.2) is 0 Å². The molecule has 0 aliphatic carbocycles. The van der Waals surface area contributed by atoms with Crippen molar-refractivity contribution in [2.45, 2.75) is 69.4 Å². The van der Waals surface area contributed by atoms with E-state index < -0.39 is 66.1 Å². The van der Waals surface area contributed by atoms with Crippen LogP contribution in [0.5, 0.6) is 0 Å². The summed E-state index contributed by atoms with van der Waals surface area (Å²) in [4.78, 5) is 68.7. The first kappa shape index (κ1) is 26.1. The number of amides is 2. The average molecular weight is 513 g/mol. The van der Waals surface area contributed by atoms with Crippen LogP contribution in [0.25, 0.3) is 0 Å². The minimum atomic E-state index is -1.22. The lowest BCUT2D eigenvalue weighted by atomic mass is 9.78. The van der Waals surface area contributed by atoms with Gasteiger partial charge in [-0.05, 0) is 6.42 Å². The standard InChI is InChI=1S/C18H23NO10.C4H4O3/c1-18(25-2)28-14-12-10-11(13(27-12)15(14)29-18)17(24)19(16(10)23)6-3-7-26-9(22)5-4-8(20)21;5-3-1-2-4(6)7-3/h10-15H,3-7H2,1-2H3,(H,20,21);1-2H2/t10?,11?,12-,13?,14+,15?,18?;/m0./s1. The van der Waals surface area contributed by atoms with Gasteiger partial charge in [0, 0.05) is 20.6 Å². The van der Waals surface area contributed by atoms with Gasteiger partial charge in [0.2, 0.25) is 11.8 Å². The lowest BCUT2D eigenvalue weighted by Crippen LogP contribution is -2.46. The molecule has 0 saturated carbocycles. The summed E-state index contributed by atoms with van der Waals surface area (Å²) in [7, 11) is 1.46. The molecule has 5 saturated heterocycles. The Morgan fingerprint density at radius 1 is 0.972 bits per heavy atom. The van der Waals surface area contributed by atoms with Crippen LogP contribution in [-0.4, -0.2) is 96.3 Å². The van der Waals surface area contributed by atoms with Crippen molar-refractivity contribution < 1.29 is 62.3 Å². The topological polar surface area (TPSA) is 181 Å². The van der Waals surface area contributed by atoms with Crippen LogP contribution in [0.4, 0.5) is 0 Å². The molecule has 0 aromatic carbocycles. The molecule has 1 N–H and O–H groups in total.